The van der Waals surface area contributed by atoms with Gasteiger partial charge >= 0.3 is 0 Å². The fourth-order valence-electron chi connectivity index (χ4n) is 2.92. The van der Waals surface area contributed by atoms with Crippen molar-refractivity contribution in [2.45, 2.75) is 46.7 Å². The third kappa shape index (κ3) is 6.68. The predicted octanol–water partition coefficient (Wildman–Crippen LogP) is 4.38. The molecule has 2 aromatic rings. The summed E-state index contributed by atoms with van der Waals surface area (Å²) in [6, 6.07) is 14.7. The van der Waals surface area contributed by atoms with Gasteiger partial charge in [-0.25, -0.2) is 0 Å². The molecular formula is C23H29ClN2O2. The van der Waals surface area contributed by atoms with Crippen LogP contribution in [0.2, 0.25) is 5.02 Å². The normalized spacial score (nSPS) is 11.9. The molecule has 4 nitrogen and oxygen atoms in total. The average molecular weight is 401 g/mol. The van der Waals surface area contributed by atoms with Crippen molar-refractivity contribution in [3.8, 4) is 0 Å². The van der Waals surface area contributed by atoms with E-state index < -0.39 is 6.04 Å². The van der Waals surface area contributed by atoms with Gasteiger partial charge in [0.15, 0.2) is 0 Å². The zero-order chi connectivity index (χ0) is 20.7. The molecule has 0 heterocycles. The van der Waals surface area contributed by atoms with Gasteiger partial charge in [-0.1, -0.05) is 67.4 Å². The molecule has 150 valence electrons. The summed E-state index contributed by atoms with van der Waals surface area (Å²) in [6.07, 6.45) is 0.227. The second-order valence-electron chi connectivity index (χ2n) is 7.63. The average Bonchev–Trinajstić information content (AvgIpc) is 2.65. The number of hydrogen-bond donors (Lipinski definition) is 1. The van der Waals surface area contributed by atoms with E-state index in [0.29, 0.717) is 24.0 Å². The van der Waals surface area contributed by atoms with Crippen LogP contribution >= 0.6 is 11.6 Å². The van der Waals surface area contributed by atoms with Crippen molar-refractivity contribution in [1.29, 1.82) is 0 Å². The topological polar surface area (TPSA) is 49.4 Å². The molecule has 5 heteroatoms. The van der Waals surface area contributed by atoms with Crippen molar-refractivity contribution < 1.29 is 9.59 Å². The van der Waals surface area contributed by atoms with Gasteiger partial charge in [0, 0.05) is 18.1 Å². The highest BCUT2D eigenvalue weighted by Crippen LogP contribution is 2.15. The Labute approximate surface area is 172 Å². The summed E-state index contributed by atoms with van der Waals surface area (Å²) in [5, 5.41) is 3.57. The first-order chi connectivity index (χ1) is 13.3. The van der Waals surface area contributed by atoms with Crippen LogP contribution in [0.15, 0.2) is 48.5 Å². The number of nitrogens with one attached hydrogen (secondary N) is 1. The number of carbonyl (C=O) groups excluding carboxylic acids is 2. The van der Waals surface area contributed by atoms with Crippen LogP contribution in [0.5, 0.6) is 0 Å². The van der Waals surface area contributed by atoms with Gasteiger partial charge in [0.05, 0.1) is 6.42 Å². The minimum atomic E-state index is -0.556. The van der Waals surface area contributed by atoms with Crippen molar-refractivity contribution in [3.05, 3.63) is 70.2 Å². The number of nitrogens with zero attached hydrogens (tertiary/aromatic N) is 1. The van der Waals surface area contributed by atoms with Crippen molar-refractivity contribution in [1.82, 2.24) is 10.2 Å². The second kappa shape index (κ2) is 10.3. The first-order valence-electron chi connectivity index (χ1n) is 9.63. The number of aryl methyl sites for hydroxylation is 1. The zero-order valence-electron chi connectivity index (χ0n) is 17.0. The fraction of sp³-hybridized carbons (Fsp3) is 0.391. The molecule has 0 fully saturated rings. The fourth-order valence-corrected chi connectivity index (χ4v) is 3.05. The highest BCUT2D eigenvalue weighted by Gasteiger charge is 2.26. The summed E-state index contributed by atoms with van der Waals surface area (Å²) < 4.78 is 0. The molecule has 1 atom stereocenters. The Hall–Kier alpha value is -2.33. The minimum absolute atomic E-state index is 0.0870. The predicted molar refractivity (Wildman–Crippen MR) is 114 cm³/mol. The Morgan fingerprint density at radius 1 is 1.04 bits per heavy atom. The first-order valence-corrected chi connectivity index (χ1v) is 10.0. The molecule has 2 rings (SSSR count). The highest BCUT2D eigenvalue weighted by atomic mass is 35.5. The number of benzene rings is 2. The van der Waals surface area contributed by atoms with Crippen LogP contribution in [0.1, 0.15) is 37.5 Å². The Kier molecular flexibility index (Phi) is 8.06. The van der Waals surface area contributed by atoms with E-state index >= 15 is 0 Å². The van der Waals surface area contributed by atoms with Crippen LogP contribution in [-0.4, -0.2) is 29.3 Å². The Morgan fingerprint density at radius 3 is 2.32 bits per heavy atom. The van der Waals surface area contributed by atoms with Crippen LogP contribution in [0, 0.1) is 12.8 Å². The van der Waals surface area contributed by atoms with E-state index in [-0.39, 0.29) is 18.2 Å². The SMILES string of the molecule is Cc1cccc(CN(C(=O)Cc2ccc(Cl)cc2)[C@@H](C)C(=O)NCC(C)C)c1. The molecule has 0 aliphatic heterocycles. The monoisotopic (exact) mass is 400 g/mol. The number of hydrogen-bond acceptors (Lipinski definition) is 2. The lowest BCUT2D eigenvalue weighted by atomic mass is 10.1. The summed E-state index contributed by atoms with van der Waals surface area (Å²) in [5.74, 6) is 0.132. The standard InChI is InChI=1S/C23H29ClN2O2/c1-16(2)14-25-23(28)18(4)26(15-20-7-5-6-17(3)12-20)22(27)13-19-8-10-21(24)11-9-19/h5-12,16,18H,13-15H2,1-4H3,(H,25,28)/t18-/m0/s1. The van der Waals surface area contributed by atoms with E-state index in [1.807, 2.05) is 57.2 Å². The second-order valence-corrected chi connectivity index (χ2v) is 8.07. The van der Waals surface area contributed by atoms with Crippen molar-refractivity contribution in [2.75, 3.05) is 6.54 Å². The van der Waals surface area contributed by atoms with Crippen molar-refractivity contribution in [2.24, 2.45) is 5.92 Å². The third-order valence-corrected chi connectivity index (χ3v) is 4.81. The van der Waals surface area contributed by atoms with Gasteiger partial charge in [0.1, 0.15) is 6.04 Å². The van der Waals surface area contributed by atoms with E-state index in [9.17, 15) is 9.59 Å². The Bertz CT molecular complexity index is 803. The highest BCUT2D eigenvalue weighted by molar-refractivity contribution is 6.30. The van der Waals surface area contributed by atoms with Gasteiger partial charge in [-0.3, -0.25) is 9.59 Å². The molecule has 0 saturated carbocycles. The molecule has 1 N–H and O–H groups in total. The van der Waals surface area contributed by atoms with E-state index in [1.165, 1.54) is 0 Å². The number of rotatable bonds is 8. The zero-order valence-corrected chi connectivity index (χ0v) is 17.8. The van der Waals surface area contributed by atoms with Gasteiger partial charge in [0.25, 0.3) is 0 Å². The lowest BCUT2D eigenvalue weighted by molar-refractivity contribution is -0.140. The van der Waals surface area contributed by atoms with E-state index in [2.05, 4.69) is 5.32 Å². The number of carbonyl (C=O) groups is 2. The molecule has 0 aliphatic rings. The van der Waals surface area contributed by atoms with E-state index in [4.69, 9.17) is 11.6 Å². The number of halogens is 1. The maximum absolute atomic E-state index is 13.1. The van der Waals surface area contributed by atoms with Gasteiger partial charge in [0.2, 0.25) is 11.8 Å². The van der Waals surface area contributed by atoms with Gasteiger partial charge in [-0.15, -0.1) is 0 Å². The summed E-state index contributed by atoms with van der Waals surface area (Å²) in [4.78, 5) is 27.4. The summed E-state index contributed by atoms with van der Waals surface area (Å²) in [7, 11) is 0. The molecule has 0 bridgehead atoms. The molecule has 0 unspecified atom stereocenters. The van der Waals surface area contributed by atoms with Crippen LogP contribution in [0.3, 0.4) is 0 Å². The molecular weight excluding hydrogens is 372 g/mol. The molecule has 2 amide bonds. The Balaban J connectivity index is 2.19. The molecule has 0 saturated heterocycles. The smallest absolute Gasteiger partial charge is 0.242 e. The lowest BCUT2D eigenvalue weighted by Gasteiger charge is -2.29. The van der Waals surface area contributed by atoms with E-state index in [1.54, 1.807) is 24.0 Å². The number of amides is 2. The summed E-state index contributed by atoms with van der Waals surface area (Å²) in [5.41, 5.74) is 3.01. The van der Waals surface area contributed by atoms with Crippen LogP contribution in [0.4, 0.5) is 0 Å². The van der Waals surface area contributed by atoms with Crippen molar-refractivity contribution >= 4 is 23.4 Å². The van der Waals surface area contributed by atoms with Crippen LogP contribution in [0.25, 0.3) is 0 Å². The minimum Gasteiger partial charge on any atom is -0.354 e. The van der Waals surface area contributed by atoms with Crippen molar-refractivity contribution in [3.63, 3.8) is 0 Å². The lowest BCUT2D eigenvalue weighted by Crippen LogP contribution is -2.48. The third-order valence-electron chi connectivity index (χ3n) is 4.56. The summed E-state index contributed by atoms with van der Waals surface area (Å²) >= 11 is 5.94. The molecule has 0 radical (unpaired) electrons. The van der Waals surface area contributed by atoms with Crippen LogP contribution in [-0.2, 0) is 22.6 Å². The first kappa shape index (κ1) is 22.0. The molecule has 0 aromatic heterocycles. The Morgan fingerprint density at radius 2 is 1.71 bits per heavy atom. The maximum Gasteiger partial charge on any atom is 0.242 e. The van der Waals surface area contributed by atoms with Gasteiger partial charge in [-0.05, 0) is 43.0 Å². The van der Waals surface area contributed by atoms with E-state index in [0.717, 1.165) is 16.7 Å². The molecule has 2 aromatic carbocycles. The molecule has 0 aliphatic carbocycles. The largest absolute Gasteiger partial charge is 0.354 e. The summed E-state index contributed by atoms with van der Waals surface area (Å²) in [6.45, 7) is 8.87. The quantitative estimate of drug-likeness (QED) is 0.714. The van der Waals surface area contributed by atoms with Gasteiger partial charge in [-0.2, -0.15) is 0 Å². The molecule has 0 spiro atoms. The molecule has 28 heavy (non-hydrogen) atoms. The maximum atomic E-state index is 13.1. The van der Waals surface area contributed by atoms with Gasteiger partial charge < -0.3 is 10.2 Å². The van der Waals surface area contributed by atoms with Crippen LogP contribution < -0.4 is 5.32 Å².